The van der Waals surface area contributed by atoms with Crippen molar-refractivity contribution >= 4 is 11.6 Å². The highest BCUT2D eigenvalue weighted by Crippen LogP contribution is 2.35. The van der Waals surface area contributed by atoms with Gasteiger partial charge in [-0.15, -0.1) is 0 Å². The van der Waals surface area contributed by atoms with Crippen LogP contribution in [-0.2, 0) is 11.0 Å². The van der Waals surface area contributed by atoms with E-state index in [1.54, 1.807) is 5.32 Å². The molecule has 0 aliphatic rings. The Morgan fingerprint density at radius 2 is 1.79 bits per heavy atom. The number of hydrogen-bond acceptors (Lipinski definition) is 2. The Kier molecular flexibility index (Phi) is 4.04. The first kappa shape index (κ1) is 14.8. The van der Waals surface area contributed by atoms with Crippen LogP contribution in [0.2, 0.25) is 0 Å². The average molecular weight is 282 g/mol. The number of halogens is 6. The van der Waals surface area contributed by atoms with Crippen LogP contribution in [0.4, 0.5) is 32.0 Å². The van der Waals surface area contributed by atoms with Gasteiger partial charge in [0, 0.05) is 0 Å². The summed E-state index contributed by atoms with van der Waals surface area (Å²) in [6, 6.07) is 1.27. The second-order valence-corrected chi connectivity index (χ2v) is 3.29. The van der Waals surface area contributed by atoms with Crippen LogP contribution in [0.3, 0.4) is 0 Å². The van der Waals surface area contributed by atoms with E-state index in [-0.39, 0.29) is 6.07 Å². The van der Waals surface area contributed by atoms with E-state index in [1.807, 2.05) is 0 Å². The first-order valence-electron chi connectivity index (χ1n) is 4.60. The molecule has 1 rings (SSSR count). The molecule has 19 heavy (non-hydrogen) atoms. The van der Waals surface area contributed by atoms with Gasteiger partial charge in [-0.2, -0.15) is 18.4 Å². The number of amides is 1. The van der Waals surface area contributed by atoms with Crippen molar-refractivity contribution in [3.05, 3.63) is 29.1 Å². The molecule has 0 bridgehead atoms. The summed E-state index contributed by atoms with van der Waals surface area (Å²) in [5.74, 6) is -7.89. The van der Waals surface area contributed by atoms with E-state index in [2.05, 4.69) is 0 Å². The largest absolute Gasteiger partial charge is 0.419 e. The zero-order chi connectivity index (χ0) is 14.8. The Hall–Kier alpha value is -2.24. The number of nitrogens with zero attached hydrogens (tertiary/aromatic N) is 1. The van der Waals surface area contributed by atoms with Gasteiger partial charge < -0.3 is 5.32 Å². The molecule has 0 radical (unpaired) electrons. The fraction of sp³-hybridized carbons (Fsp3) is 0.200. The van der Waals surface area contributed by atoms with E-state index in [1.165, 1.54) is 6.07 Å². The molecule has 9 heteroatoms. The van der Waals surface area contributed by atoms with Crippen molar-refractivity contribution in [3.8, 4) is 6.07 Å². The maximum absolute atomic E-state index is 13.2. The van der Waals surface area contributed by atoms with Gasteiger partial charge in [-0.1, -0.05) is 0 Å². The Morgan fingerprint density at radius 1 is 1.21 bits per heavy atom. The Morgan fingerprint density at radius 3 is 2.26 bits per heavy atom. The third kappa shape index (κ3) is 3.15. The van der Waals surface area contributed by atoms with Gasteiger partial charge in [-0.3, -0.25) is 4.79 Å². The van der Waals surface area contributed by atoms with E-state index in [9.17, 15) is 31.1 Å². The molecule has 1 N–H and O–H groups in total. The number of nitrogens with one attached hydrogen (secondary N) is 1. The van der Waals surface area contributed by atoms with Crippen LogP contribution in [0.25, 0.3) is 0 Å². The molecule has 0 aliphatic heterocycles. The third-order valence-corrected chi connectivity index (χ3v) is 1.97. The molecule has 0 atom stereocenters. The van der Waals surface area contributed by atoms with Crippen LogP contribution in [0.1, 0.15) is 12.0 Å². The first-order chi connectivity index (χ1) is 8.68. The van der Waals surface area contributed by atoms with Crippen molar-refractivity contribution in [1.29, 1.82) is 5.26 Å². The highest BCUT2D eigenvalue weighted by molar-refractivity contribution is 5.92. The molecule has 0 fully saturated rings. The van der Waals surface area contributed by atoms with Crippen LogP contribution in [0.5, 0.6) is 0 Å². The monoisotopic (exact) mass is 282 g/mol. The normalized spacial score (nSPS) is 11.0. The predicted octanol–water partition coefficient (Wildman–Crippen LogP) is 2.97. The fourth-order valence-electron chi connectivity index (χ4n) is 1.17. The van der Waals surface area contributed by atoms with Gasteiger partial charge in [0.15, 0.2) is 17.5 Å². The van der Waals surface area contributed by atoms with Gasteiger partial charge >= 0.3 is 6.18 Å². The number of carbonyl (C=O) groups excluding carboxylic acids is 1. The van der Waals surface area contributed by atoms with E-state index in [0.717, 1.165) is 0 Å². The zero-order valence-corrected chi connectivity index (χ0v) is 8.91. The lowest BCUT2D eigenvalue weighted by Crippen LogP contribution is -2.16. The van der Waals surface area contributed by atoms with Gasteiger partial charge in [0.05, 0.1) is 17.3 Å². The van der Waals surface area contributed by atoms with Gasteiger partial charge in [0.1, 0.15) is 6.42 Å². The minimum atomic E-state index is -5.26. The van der Waals surface area contributed by atoms with Gasteiger partial charge in [-0.05, 0) is 6.07 Å². The van der Waals surface area contributed by atoms with Crippen LogP contribution in [-0.4, -0.2) is 5.91 Å². The highest BCUT2D eigenvalue weighted by Gasteiger charge is 2.37. The van der Waals surface area contributed by atoms with Crippen molar-refractivity contribution in [2.24, 2.45) is 0 Å². The van der Waals surface area contributed by atoms with Gasteiger partial charge in [0.25, 0.3) is 0 Å². The number of anilines is 1. The topological polar surface area (TPSA) is 52.9 Å². The molecule has 0 heterocycles. The molecule has 0 saturated heterocycles. The summed E-state index contributed by atoms with van der Waals surface area (Å²) < 4.78 is 76.0. The fourth-order valence-corrected chi connectivity index (χ4v) is 1.17. The second kappa shape index (κ2) is 5.17. The first-order valence-corrected chi connectivity index (χ1v) is 4.60. The summed E-state index contributed by atoms with van der Waals surface area (Å²) in [5, 5.41) is 9.70. The molecule has 102 valence electrons. The number of alkyl halides is 3. The summed E-state index contributed by atoms with van der Waals surface area (Å²) in [6.45, 7) is 0. The maximum atomic E-state index is 13.2. The molecular formula is C10H4F6N2O. The van der Waals surface area contributed by atoms with Crippen LogP contribution >= 0.6 is 0 Å². The summed E-state index contributed by atoms with van der Waals surface area (Å²) in [5.41, 5.74) is -3.25. The second-order valence-electron chi connectivity index (χ2n) is 3.29. The minimum Gasteiger partial charge on any atom is -0.323 e. The SMILES string of the molecule is N#CCC(=O)Nc1cc(C(F)(F)F)c(F)c(F)c1F. The predicted molar refractivity (Wildman–Crippen MR) is 50.2 cm³/mol. The Labute approximate surface area is 102 Å². The molecule has 1 aromatic rings. The molecule has 0 spiro atoms. The average Bonchev–Trinajstić information content (AvgIpc) is 2.28. The molecule has 0 unspecified atom stereocenters. The van der Waals surface area contributed by atoms with Crippen LogP contribution < -0.4 is 5.32 Å². The Bertz CT molecular complexity index is 561. The molecule has 0 aromatic heterocycles. The molecule has 0 aliphatic carbocycles. The lowest BCUT2D eigenvalue weighted by molar-refractivity contribution is -0.140. The number of carbonyl (C=O) groups is 1. The lowest BCUT2D eigenvalue weighted by atomic mass is 10.1. The van der Waals surface area contributed by atoms with Crippen LogP contribution in [0.15, 0.2) is 6.07 Å². The van der Waals surface area contributed by atoms with E-state index in [4.69, 9.17) is 5.26 Å². The van der Waals surface area contributed by atoms with Gasteiger partial charge in [0.2, 0.25) is 5.91 Å². The summed E-state index contributed by atoms with van der Waals surface area (Å²) >= 11 is 0. The summed E-state index contributed by atoms with van der Waals surface area (Å²) in [6.07, 6.45) is -6.03. The number of benzene rings is 1. The van der Waals surface area contributed by atoms with Crippen molar-refractivity contribution in [2.75, 3.05) is 5.32 Å². The lowest BCUT2D eigenvalue weighted by Gasteiger charge is -2.12. The molecule has 1 amide bonds. The molecule has 3 nitrogen and oxygen atoms in total. The minimum absolute atomic E-state index is 0.0803. The summed E-state index contributed by atoms with van der Waals surface area (Å²) in [7, 11) is 0. The number of hydrogen-bond donors (Lipinski definition) is 1. The third-order valence-electron chi connectivity index (χ3n) is 1.97. The van der Waals surface area contributed by atoms with E-state index in [0.29, 0.717) is 0 Å². The quantitative estimate of drug-likeness (QED) is 0.669. The highest BCUT2D eigenvalue weighted by atomic mass is 19.4. The van der Waals surface area contributed by atoms with Crippen molar-refractivity contribution in [3.63, 3.8) is 0 Å². The van der Waals surface area contributed by atoms with Gasteiger partial charge in [-0.25, -0.2) is 13.2 Å². The molecular weight excluding hydrogens is 278 g/mol. The van der Waals surface area contributed by atoms with E-state index >= 15 is 0 Å². The molecule has 0 saturated carbocycles. The van der Waals surface area contributed by atoms with Crippen molar-refractivity contribution in [1.82, 2.24) is 0 Å². The Balaban J connectivity index is 3.31. The van der Waals surface area contributed by atoms with E-state index < -0.39 is 47.2 Å². The number of nitriles is 1. The van der Waals surface area contributed by atoms with Crippen molar-refractivity contribution in [2.45, 2.75) is 12.6 Å². The standard InChI is InChI=1S/C10H4F6N2O/c11-7-4(10(14,15)16)3-5(8(12)9(7)13)18-6(19)1-2-17/h3H,1H2,(H,18,19). The summed E-state index contributed by atoms with van der Waals surface area (Å²) in [4.78, 5) is 10.9. The smallest absolute Gasteiger partial charge is 0.323 e. The maximum Gasteiger partial charge on any atom is 0.419 e. The van der Waals surface area contributed by atoms with Crippen LogP contribution in [0, 0.1) is 28.8 Å². The zero-order valence-electron chi connectivity index (χ0n) is 8.91. The molecule has 1 aromatic carbocycles. The number of rotatable bonds is 2. The van der Waals surface area contributed by atoms with Crippen molar-refractivity contribution < 1.29 is 31.1 Å².